The fourth-order valence-corrected chi connectivity index (χ4v) is 2.77. The molecule has 2 rings (SSSR count). The Morgan fingerprint density at radius 1 is 1.37 bits per heavy atom. The molecular weight excluding hydrogens is 392 g/mol. The summed E-state index contributed by atoms with van der Waals surface area (Å²) in [7, 11) is 0. The maximum Gasteiger partial charge on any atom is 0.502 e. The smallest absolute Gasteiger partial charge is 0.474 e. The van der Waals surface area contributed by atoms with Gasteiger partial charge in [-0.2, -0.15) is 8.78 Å². The van der Waals surface area contributed by atoms with Crippen LogP contribution in [0.5, 0.6) is 5.75 Å². The number of hydrogen-bond donors (Lipinski definition) is 1. The maximum absolute atomic E-state index is 13.2. The highest BCUT2D eigenvalue weighted by Crippen LogP contribution is 2.39. The van der Waals surface area contributed by atoms with E-state index in [1.807, 2.05) is 0 Å². The Kier molecular flexibility index (Phi) is 3.73. The summed E-state index contributed by atoms with van der Waals surface area (Å²) in [6.07, 6.45) is -2.94. The molecule has 0 fully saturated rings. The Labute approximate surface area is 122 Å². The van der Waals surface area contributed by atoms with Crippen molar-refractivity contribution in [2.45, 2.75) is 6.11 Å². The van der Waals surface area contributed by atoms with Crippen molar-refractivity contribution in [1.29, 1.82) is 0 Å². The minimum absolute atomic E-state index is 0.129. The lowest BCUT2D eigenvalue weighted by molar-refractivity contribution is -0.210. The predicted molar refractivity (Wildman–Crippen MR) is 70.4 cm³/mol. The van der Waals surface area contributed by atoms with Crippen molar-refractivity contribution in [3.05, 3.63) is 33.3 Å². The summed E-state index contributed by atoms with van der Waals surface area (Å²) >= 11 is 6.31. The number of carboxylic acid groups (broad SMARTS) is 1. The standard InChI is InChI=1S/C11H5Br2F2NO3/c12-6-4-7(13)9(19-11(14,15)10(17)18)8-5(6)2-1-3-16-8/h1-4H,(H,17,18). The molecule has 0 aliphatic heterocycles. The van der Waals surface area contributed by atoms with Crippen LogP contribution in [0.15, 0.2) is 33.3 Å². The van der Waals surface area contributed by atoms with Gasteiger partial charge in [0.1, 0.15) is 5.52 Å². The molecule has 2 aromatic rings. The zero-order valence-corrected chi connectivity index (χ0v) is 12.2. The lowest BCUT2D eigenvalue weighted by Gasteiger charge is -2.16. The molecule has 1 heterocycles. The van der Waals surface area contributed by atoms with Crippen LogP contribution in [-0.4, -0.2) is 22.2 Å². The SMILES string of the molecule is O=C(O)C(F)(F)Oc1c(Br)cc(Br)c2cccnc12. The van der Waals surface area contributed by atoms with Crippen LogP contribution < -0.4 is 4.74 Å². The number of rotatable bonds is 3. The van der Waals surface area contributed by atoms with Crippen molar-refractivity contribution in [1.82, 2.24) is 4.98 Å². The molecule has 0 aliphatic carbocycles. The molecule has 0 aliphatic rings. The van der Waals surface area contributed by atoms with Crippen molar-refractivity contribution in [2.24, 2.45) is 0 Å². The van der Waals surface area contributed by atoms with Gasteiger partial charge in [-0.1, -0.05) is 22.0 Å². The highest BCUT2D eigenvalue weighted by Gasteiger charge is 2.43. The van der Waals surface area contributed by atoms with Crippen LogP contribution in [0.4, 0.5) is 8.78 Å². The summed E-state index contributed by atoms with van der Waals surface area (Å²) in [5.74, 6) is -2.70. The van der Waals surface area contributed by atoms with E-state index >= 15 is 0 Å². The minimum Gasteiger partial charge on any atom is -0.474 e. The third-order valence-electron chi connectivity index (χ3n) is 2.23. The van der Waals surface area contributed by atoms with Crippen molar-refractivity contribution in [2.75, 3.05) is 0 Å². The first-order valence-corrected chi connectivity index (χ1v) is 6.44. The van der Waals surface area contributed by atoms with Crippen molar-refractivity contribution in [3.8, 4) is 5.75 Å². The van der Waals surface area contributed by atoms with Crippen LogP contribution in [0.3, 0.4) is 0 Å². The maximum atomic E-state index is 13.2. The summed E-state index contributed by atoms with van der Waals surface area (Å²) in [4.78, 5) is 14.4. The van der Waals surface area contributed by atoms with Gasteiger partial charge in [-0.3, -0.25) is 4.98 Å². The van der Waals surface area contributed by atoms with Crippen LogP contribution in [0, 0.1) is 0 Å². The number of aliphatic carboxylic acids is 1. The second kappa shape index (κ2) is 5.01. The molecule has 0 spiro atoms. The Bertz CT molecular complexity index is 664. The first kappa shape index (κ1) is 14.1. The Hall–Kier alpha value is -1.28. The van der Waals surface area contributed by atoms with Gasteiger partial charge in [0.2, 0.25) is 0 Å². The average Bonchev–Trinajstić information content (AvgIpc) is 2.34. The van der Waals surface area contributed by atoms with E-state index in [4.69, 9.17) is 5.11 Å². The van der Waals surface area contributed by atoms with Gasteiger partial charge in [0.15, 0.2) is 5.75 Å². The van der Waals surface area contributed by atoms with Crippen molar-refractivity contribution >= 4 is 48.7 Å². The highest BCUT2D eigenvalue weighted by molar-refractivity contribution is 9.11. The second-order valence-corrected chi connectivity index (χ2v) is 5.20. The molecule has 19 heavy (non-hydrogen) atoms. The van der Waals surface area contributed by atoms with Crippen molar-refractivity contribution in [3.63, 3.8) is 0 Å². The molecule has 0 saturated carbocycles. The number of aromatic nitrogens is 1. The molecule has 1 N–H and O–H groups in total. The minimum atomic E-state index is -4.33. The molecule has 100 valence electrons. The van der Waals surface area contributed by atoms with Gasteiger partial charge < -0.3 is 9.84 Å². The second-order valence-electron chi connectivity index (χ2n) is 3.49. The number of halogens is 4. The van der Waals surface area contributed by atoms with Crippen LogP contribution in [0.1, 0.15) is 0 Å². The molecule has 8 heteroatoms. The number of pyridine rings is 1. The number of carbonyl (C=O) groups is 1. The van der Waals surface area contributed by atoms with Crippen LogP contribution in [0.25, 0.3) is 10.9 Å². The van der Waals surface area contributed by atoms with E-state index in [2.05, 4.69) is 41.6 Å². The highest BCUT2D eigenvalue weighted by atomic mass is 79.9. The third-order valence-corrected chi connectivity index (χ3v) is 3.47. The first-order valence-electron chi connectivity index (χ1n) is 4.86. The predicted octanol–water partition coefficient (Wildman–Crippen LogP) is 3.82. The summed E-state index contributed by atoms with van der Waals surface area (Å²) in [5.41, 5.74) is 0.129. The van der Waals surface area contributed by atoms with E-state index in [0.29, 0.717) is 9.86 Å². The topological polar surface area (TPSA) is 59.4 Å². The quantitative estimate of drug-likeness (QED) is 0.856. The number of benzene rings is 1. The molecule has 1 aromatic heterocycles. The van der Waals surface area contributed by atoms with Crippen LogP contribution >= 0.6 is 31.9 Å². The zero-order valence-electron chi connectivity index (χ0n) is 9.03. The van der Waals surface area contributed by atoms with Gasteiger partial charge in [0.05, 0.1) is 4.47 Å². The molecule has 0 saturated heterocycles. The fraction of sp³-hybridized carbons (Fsp3) is 0.0909. The number of carboxylic acids is 1. The van der Waals surface area contributed by atoms with E-state index < -0.39 is 12.1 Å². The summed E-state index contributed by atoms with van der Waals surface area (Å²) < 4.78 is 31.4. The van der Waals surface area contributed by atoms with Gasteiger partial charge in [-0.15, -0.1) is 0 Å². The van der Waals surface area contributed by atoms with E-state index in [9.17, 15) is 13.6 Å². The van der Waals surface area contributed by atoms with Gasteiger partial charge in [0, 0.05) is 16.1 Å². The third kappa shape index (κ3) is 2.69. The number of hydrogen-bond acceptors (Lipinski definition) is 3. The van der Waals surface area contributed by atoms with E-state index in [1.54, 1.807) is 12.1 Å². The number of fused-ring (bicyclic) bond motifs is 1. The molecular formula is C11H5Br2F2NO3. The van der Waals surface area contributed by atoms with Gasteiger partial charge in [-0.05, 0) is 28.1 Å². The molecule has 0 unspecified atom stereocenters. The van der Waals surface area contributed by atoms with E-state index in [-0.39, 0.29) is 15.7 Å². The molecule has 1 aromatic carbocycles. The largest absolute Gasteiger partial charge is 0.502 e. The van der Waals surface area contributed by atoms with E-state index in [0.717, 1.165) is 0 Å². The molecule has 4 nitrogen and oxygen atoms in total. The number of alkyl halides is 2. The monoisotopic (exact) mass is 395 g/mol. The van der Waals surface area contributed by atoms with Crippen LogP contribution in [-0.2, 0) is 4.79 Å². The normalized spacial score (nSPS) is 11.6. The van der Waals surface area contributed by atoms with Gasteiger partial charge in [0.25, 0.3) is 0 Å². The molecule has 0 bridgehead atoms. The first-order chi connectivity index (χ1) is 8.83. The summed E-state index contributed by atoms with van der Waals surface area (Å²) in [5, 5.41) is 8.93. The Morgan fingerprint density at radius 3 is 2.68 bits per heavy atom. The lowest BCUT2D eigenvalue weighted by atomic mass is 10.2. The summed E-state index contributed by atoms with van der Waals surface area (Å²) in [6, 6.07) is 4.75. The average molecular weight is 397 g/mol. The zero-order chi connectivity index (χ0) is 14.2. The Balaban J connectivity index is 2.64. The van der Waals surface area contributed by atoms with E-state index in [1.165, 1.54) is 12.3 Å². The number of ether oxygens (including phenoxy) is 1. The van der Waals surface area contributed by atoms with Gasteiger partial charge >= 0.3 is 12.1 Å². The molecule has 0 atom stereocenters. The van der Waals surface area contributed by atoms with Crippen LogP contribution in [0.2, 0.25) is 0 Å². The molecule has 0 amide bonds. The molecule has 0 radical (unpaired) electrons. The fourth-order valence-electron chi connectivity index (χ4n) is 1.42. The lowest BCUT2D eigenvalue weighted by Crippen LogP contribution is -2.35. The number of nitrogens with zero attached hydrogens (tertiary/aromatic N) is 1. The summed E-state index contributed by atoms with van der Waals surface area (Å²) in [6.45, 7) is 0. The Morgan fingerprint density at radius 2 is 2.05 bits per heavy atom. The van der Waals surface area contributed by atoms with Crippen molar-refractivity contribution < 1.29 is 23.4 Å². The van der Waals surface area contributed by atoms with Gasteiger partial charge in [-0.25, -0.2) is 4.79 Å².